The molecule has 0 unspecified atom stereocenters. The van der Waals surface area contributed by atoms with Gasteiger partial charge >= 0.3 is 5.97 Å². The number of hydrogen-bond acceptors (Lipinski definition) is 6. The quantitative estimate of drug-likeness (QED) is 0.107. The molecule has 0 aliphatic heterocycles. The molecule has 11 nitrogen and oxygen atoms in total. The van der Waals surface area contributed by atoms with Crippen LogP contribution in [0.2, 0.25) is 0 Å². The Kier molecular flexibility index (Phi) is 13.1. The summed E-state index contributed by atoms with van der Waals surface area (Å²) in [5.74, 6) is -3.39. The fourth-order valence-corrected chi connectivity index (χ4v) is 5.78. The molecular formula is C40H44N4O7. The number of aromatic hydroxyl groups is 1. The summed E-state index contributed by atoms with van der Waals surface area (Å²) in [6.45, 7) is 5.68. The second kappa shape index (κ2) is 17.6. The highest BCUT2D eigenvalue weighted by Gasteiger charge is 2.29. The first-order valence-electron chi connectivity index (χ1n) is 16.7. The third kappa shape index (κ3) is 10.3. The summed E-state index contributed by atoms with van der Waals surface area (Å²) in [6, 6.07) is 23.9. The van der Waals surface area contributed by atoms with Gasteiger partial charge in [-0.05, 0) is 65.3 Å². The van der Waals surface area contributed by atoms with Gasteiger partial charge < -0.3 is 31.5 Å². The van der Waals surface area contributed by atoms with E-state index < -0.39 is 41.8 Å². The number of aryl methyl sites for hydroxylation is 1. The lowest BCUT2D eigenvalue weighted by molar-refractivity contribution is -0.139. The monoisotopic (exact) mass is 692 g/mol. The van der Waals surface area contributed by atoms with Gasteiger partial charge in [0, 0.05) is 31.0 Å². The molecule has 0 bridgehead atoms. The van der Waals surface area contributed by atoms with E-state index in [1.54, 1.807) is 61.5 Å². The van der Waals surface area contributed by atoms with Gasteiger partial charge in [0.15, 0.2) is 0 Å². The molecule has 4 aromatic carbocycles. The number of rotatable bonds is 15. The predicted octanol–water partition coefficient (Wildman–Crippen LogP) is 4.41. The van der Waals surface area contributed by atoms with Crippen LogP contribution in [0, 0.1) is 12.8 Å². The first-order chi connectivity index (χ1) is 24.4. The largest absolute Gasteiger partial charge is 0.508 e. The second-order valence-electron chi connectivity index (χ2n) is 12.8. The van der Waals surface area contributed by atoms with E-state index in [4.69, 9.17) is 0 Å². The highest BCUT2D eigenvalue weighted by molar-refractivity contribution is 6.08. The Bertz CT molecular complexity index is 1880. The highest BCUT2D eigenvalue weighted by atomic mass is 16.4. The fourth-order valence-electron chi connectivity index (χ4n) is 5.78. The van der Waals surface area contributed by atoms with E-state index >= 15 is 0 Å². The van der Waals surface area contributed by atoms with Crippen molar-refractivity contribution in [3.63, 3.8) is 0 Å². The van der Waals surface area contributed by atoms with E-state index in [1.807, 2.05) is 44.2 Å². The number of phenols is 1. The van der Waals surface area contributed by atoms with E-state index in [0.717, 1.165) is 11.1 Å². The van der Waals surface area contributed by atoms with Crippen molar-refractivity contribution in [1.82, 2.24) is 21.3 Å². The molecule has 0 fully saturated rings. The Morgan fingerprint density at radius 3 is 1.73 bits per heavy atom. The number of carboxylic acids is 1. The van der Waals surface area contributed by atoms with Crippen LogP contribution in [0.5, 0.6) is 5.75 Å². The van der Waals surface area contributed by atoms with E-state index in [2.05, 4.69) is 21.3 Å². The Hall–Kier alpha value is -5.97. The van der Waals surface area contributed by atoms with Crippen molar-refractivity contribution in [2.24, 2.45) is 5.92 Å². The van der Waals surface area contributed by atoms with Gasteiger partial charge in [0.25, 0.3) is 11.8 Å². The third-order valence-electron chi connectivity index (χ3n) is 8.39. The Morgan fingerprint density at radius 1 is 0.647 bits per heavy atom. The lowest BCUT2D eigenvalue weighted by atomic mass is 9.93. The summed E-state index contributed by atoms with van der Waals surface area (Å²) in [6.07, 6.45) is 0.389. The predicted molar refractivity (Wildman–Crippen MR) is 194 cm³/mol. The molecule has 3 atom stereocenters. The zero-order valence-corrected chi connectivity index (χ0v) is 29.1. The maximum absolute atomic E-state index is 14.0. The molecule has 0 saturated heterocycles. The average molecular weight is 693 g/mol. The van der Waals surface area contributed by atoms with Crippen LogP contribution in [0.3, 0.4) is 0 Å². The lowest BCUT2D eigenvalue weighted by Gasteiger charge is -2.24. The number of likely N-dealkylation sites (N-methyl/N-ethyl adjacent to an activating group) is 1. The molecule has 0 aliphatic carbocycles. The van der Waals surface area contributed by atoms with Crippen molar-refractivity contribution >= 4 is 29.6 Å². The summed E-state index contributed by atoms with van der Waals surface area (Å²) in [4.78, 5) is 66.3. The van der Waals surface area contributed by atoms with Crippen molar-refractivity contribution in [2.75, 3.05) is 7.05 Å². The smallest absolute Gasteiger partial charge is 0.326 e. The number of carboxylic acid groups (broad SMARTS) is 1. The number of benzene rings is 4. The summed E-state index contributed by atoms with van der Waals surface area (Å²) in [5.41, 5.74) is 3.00. The van der Waals surface area contributed by atoms with Crippen LogP contribution in [0.25, 0.3) is 11.1 Å². The summed E-state index contributed by atoms with van der Waals surface area (Å²) in [7, 11) is 1.50. The van der Waals surface area contributed by atoms with Crippen LogP contribution in [-0.4, -0.2) is 65.0 Å². The molecule has 11 heteroatoms. The molecule has 0 aromatic heterocycles. The zero-order valence-electron chi connectivity index (χ0n) is 29.1. The molecule has 4 rings (SSSR count). The molecule has 0 radical (unpaired) electrons. The fraction of sp³-hybridized carbons (Fsp3) is 0.275. The molecule has 4 aromatic rings. The van der Waals surface area contributed by atoms with Crippen molar-refractivity contribution in [3.8, 4) is 16.9 Å². The third-order valence-corrected chi connectivity index (χ3v) is 8.39. The normalized spacial score (nSPS) is 12.6. The Balaban J connectivity index is 1.63. The molecule has 266 valence electrons. The number of carbonyl (C=O) groups excluding carboxylic acids is 4. The van der Waals surface area contributed by atoms with Gasteiger partial charge in [0.2, 0.25) is 11.8 Å². The van der Waals surface area contributed by atoms with Crippen molar-refractivity contribution < 1.29 is 34.2 Å². The van der Waals surface area contributed by atoms with Crippen LogP contribution in [0.15, 0.2) is 97.1 Å². The topological polar surface area (TPSA) is 174 Å². The molecule has 0 aliphatic rings. The van der Waals surface area contributed by atoms with Gasteiger partial charge in [0.1, 0.15) is 23.9 Å². The van der Waals surface area contributed by atoms with E-state index in [-0.39, 0.29) is 41.5 Å². The Labute approximate surface area is 297 Å². The van der Waals surface area contributed by atoms with E-state index in [0.29, 0.717) is 23.1 Å². The van der Waals surface area contributed by atoms with Crippen LogP contribution in [0.4, 0.5) is 0 Å². The number of carbonyl (C=O) groups is 5. The van der Waals surface area contributed by atoms with Crippen LogP contribution in [0.1, 0.15) is 57.7 Å². The first-order valence-corrected chi connectivity index (χ1v) is 16.7. The number of phenolic OH excluding ortho intramolecular Hbond substituents is 1. The second-order valence-corrected chi connectivity index (χ2v) is 12.8. The van der Waals surface area contributed by atoms with E-state index in [9.17, 15) is 34.2 Å². The maximum Gasteiger partial charge on any atom is 0.326 e. The number of nitrogens with one attached hydrogen (secondary N) is 4. The molecule has 0 heterocycles. The molecule has 0 spiro atoms. The molecule has 51 heavy (non-hydrogen) atoms. The summed E-state index contributed by atoms with van der Waals surface area (Å²) in [5, 5.41) is 31.1. The molecule has 6 N–H and O–H groups in total. The SMILES string of the molecule is CNC(=O)[C@H](CC(C)C)NC(=O)[C@H](Cc1ccccc1)NC(=O)c1ccccc1-c1ccccc1C(=O)N[C@@H](Cc1ccc(C)cc1O)C(=O)O. The van der Waals surface area contributed by atoms with E-state index in [1.165, 1.54) is 19.2 Å². The maximum atomic E-state index is 14.0. The minimum absolute atomic E-state index is 0.0702. The average Bonchev–Trinajstić information content (AvgIpc) is 3.11. The highest BCUT2D eigenvalue weighted by Crippen LogP contribution is 2.28. The van der Waals surface area contributed by atoms with Crippen LogP contribution >= 0.6 is 0 Å². The van der Waals surface area contributed by atoms with Gasteiger partial charge in [-0.15, -0.1) is 0 Å². The molecule has 4 amide bonds. The van der Waals surface area contributed by atoms with Gasteiger partial charge in [-0.2, -0.15) is 0 Å². The minimum atomic E-state index is -1.36. The van der Waals surface area contributed by atoms with Crippen LogP contribution in [-0.2, 0) is 27.2 Å². The zero-order chi connectivity index (χ0) is 37.1. The van der Waals surface area contributed by atoms with Crippen molar-refractivity contribution in [2.45, 2.75) is 58.2 Å². The number of hydrogen-bond donors (Lipinski definition) is 6. The summed E-state index contributed by atoms with van der Waals surface area (Å²) < 4.78 is 0. The standard InChI is InChI=1S/C40H44N4O7/c1-24(2)20-32(38(48)41-4)43-39(49)33(22-26-12-6-5-7-13-26)42-36(46)30-16-10-8-14-28(30)29-15-9-11-17-31(29)37(47)44-34(40(50)51)23-27-19-18-25(3)21-35(27)45/h5-19,21,24,32-34,45H,20,22-23H2,1-4H3,(H,41,48)(H,42,46)(H,43,49)(H,44,47)(H,50,51)/t32-,33-,34-/m0/s1. The van der Waals surface area contributed by atoms with Gasteiger partial charge in [-0.1, -0.05) is 92.7 Å². The molecule has 0 saturated carbocycles. The van der Waals surface area contributed by atoms with Crippen LogP contribution < -0.4 is 21.3 Å². The van der Waals surface area contributed by atoms with Crippen molar-refractivity contribution in [3.05, 3.63) is 125 Å². The molecular weight excluding hydrogens is 648 g/mol. The van der Waals surface area contributed by atoms with Gasteiger partial charge in [0.05, 0.1) is 0 Å². The van der Waals surface area contributed by atoms with Crippen molar-refractivity contribution in [1.29, 1.82) is 0 Å². The van der Waals surface area contributed by atoms with Gasteiger partial charge in [-0.25, -0.2) is 4.79 Å². The number of aliphatic carboxylic acids is 1. The minimum Gasteiger partial charge on any atom is -0.508 e. The lowest BCUT2D eigenvalue weighted by Crippen LogP contribution is -2.54. The summed E-state index contributed by atoms with van der Waals surface area (Å²) >= 11 is 0. The Morgan fingerprint density at radius 2 is 1.20 bits per heavy atom. The first kappa shape index (κ1) is 37.8. The van der Waals surface area contributed by atoms with Gasteiger partial charge in [-0.3, -0.25) is 19.2 Å². The number of amides is 4.